The van der Waals surface area contributed by atoms with E-state index in [0.29, 0.717) is 18.8 Å². The summed E-state index contributed by atoms with van der Waals surface area (Å²) in [6.07, 6.45) is 3.93. The molecular formula is C18H29N3O3. The fourth-order valence-electron chi connectivity index (χ4n) is 3.53. The van der Waals surface area contributed by atoms with Crippen molar-refractivity contribution in [3.63, 3.8) is 0 Å². The van der Waals surface area contributed by atoms with Crippen LogP contribution in [0.15, 0.2) is 0 Å². The van der Waals surface area contributed by atoms with E-state index < -0.39 is 11.5 Å². The molecule has 0 saturated heterocycles. The van der Waals surface area contributed by atoms with Crippen LogP contribution < -0.4 is 5.32 Å². The first-order valence-corrected chi connectivity index (χ1v) is 8.82. The third-order valence-electron chi connectivity index (χ3n) is 4.90. The van der Waals surface area contributed by atoms with Gasteiger partial charge in [0.05, 0.1) is 12.1 Å². The highest BCUT2D eigenvalue weighted by atomic mass is 16.4. The number of nitrogens with one attached hydrogen (secondary N) is 1. The van der Waals surface area contributed by atoms with Crippen LogP contribution in [0.3, 0.4) is 0 Å². The van der Waals surface area contributed by atoms with Crippen molar-refractivity contribution in [1.29, 1.82) is 0 Å². The SMILES string of the molecule is Cc1nn(CC(C)C)c(C)c1CC(=O)NC1(C(=O)O)CCCCC1. The lowest BCUT2D eigenvalue weighted by molar-refractivity contribution is -0.149. The minimum Gasteiger partial charge on any atom is -0.480 e. The third kappa shape index (κ3) is 3.97. The molecule has 0 spiro atoms. The van der Waals surface area contributed by atoms with Crippen LogP contribution in [0.25, 0.3) is 0 Å². The van der Waals surface area contributed by atoms with Gasteiger partial charge in [-0.25, -0.2) is 4.79 Å². The molecule has 1 aliphatic rings. The highest BCUT2D eigenvalue weighted by molar-refractivity contribution is 5.88. The summed E-state index contributed by atoms with van der Waals surface area (Å²) >= 11 is 0. The number of rotatable bonds is 6. The lowest BCUT2D eigenvalue weighted by Gasteiger charge is -2.34. The molecule has 1 amide bonds. The van der Waals surface area contributed by atoms with E-state index in [9.17, 15) is 14.7 Å². The molecule has 24 heavy (non-hydrogen) atoms. The number of aryl methyl sites for hydroxylation is 1. The fraction of sp³-hybridized carbons (Fsp3) is 0.722. The normalized spacial score (nSPS) is 17.0. The summed E-state index contributed by atoms with van der Waals surface area (Å²) in [6.45, 7) is 8.94. The third-order valence-corrected chi connectivity index (χ3v) is 4.90. The Labute approximate surface area is 143 Å². The van der Waals surface area contributed by atoms with Gasteiger partial charge in [-0.3, -0.25) is 9.48 Å². The Balaban J connectivity index is 2.12. The Hall–Kier alpha value is -1.85. The molecule has 0 aliphatic heterocycles. The van der Waals surface area contributed by atoms with Gasteiger partial charge in [0.2, 0.25) is 5.91 Å². The zero-order valence-corrected chi connectivity index (χ0v) is 15.2. The van der Waals surface area contributed by atoms with Crippen molar-refractivity contribution in [1.82, 2.24) is 15.1 Å². The minimum absolute atomic E-state index is 0.185. The number of aromatic nitrogens is 2. The molecule has 1 fully saturated rings. The van der Waals surface area contributed by atoms with Crippen molar-refractivity contribution in [2.75, 3.05) is 0 Å². The van der Waals surface area contributed by atoms with Gasteiger partial charge in [0.25, 0.3) is 0 Å². The molecule has 2 N–H and O–H groups in total. The average Bonchev–Trinajstić information content (AvgIpc) is 2.75. The number of carboxylic acid groups (broad SMARTS) is 1. The lowest BCUT2D eigenvalue weighted by atomic mass is 9.81. The largest absolute Gasteiger partial charge is 0.480 e. The van der Waals surface area contributed by atoms with Crippen LogP contribution in [-0.2, 0) is 22.6 Å². The van der Waals surface area contributed by atoms with E-state index in [1.165, 1.54) is 0 Å². The molecule has 134 valence electrons. The number of carbonyl (C=O) groups is 2. The van der Waals surface area contributed by atoms with E-state index in [1.54, 1.807) is 0 Å². The van der Waals surface area contributed by atoms with Gasteiger partial charge in [-0.2, -0.15) is 5.10 Å². The zero-order chi connectivity index (χ0) is 17.9. The van der Waals surface area contributed by atoms with Crippen LogP contribution in [0.5, 0.6) is 0 Å². The Kier molecular flexibility index (Phi) is 5.67. The van der Waals surface area contributed by atoms with E-state index >= 15 is 0 Å². The molecule has 0 atom stereocenters. The van der Waals surface area contributed by atoms with Gasteiger partial charge in [0, 0.05) is 17.8 Å². The number of nitrogens with zero attached hydrogens (tertiary/aromatic N) is 2. The number of hydrogen-bond donors (Lipinski definition) is 2. The molecule has 1 aliphatic carbocycles. The van der Waals surface area contributed by atoms with E-state index in [1.807, 2.05) is 18.5 Å². The van der Waals surface area contributed by atoms with Gasteiger partial charge in [-0.15, -0.1) is 0 Å². The van der Waals surface area contributed by atoms with Crippen molar-refractivity contribution in [2.24, 2.45) is 5.92 Å². The number of amides is 1. The summed E-state index contributed by atoms with van der Waals surface area (Å²) in [7, 11) is 0. The van der Waals surface area contributed by atoms with Gasteiger partial charge >= 0.3 is 5.97 Å². The van der Waals surface area contributed by atoms with Crippen LogP contribution >= 0.6 is 0 Å². The van der Waals surface area contributed by atoms with Crippen LogP contribution in [-0.4, -0.2) is 32.3 Å². The number of aliphatic carboxylic acids is 1. The first-order valence-electron chi connectivity index (χ1n) is 8.82. The highest BCUT2D eigenvalue weighted by Gasteiger charge is 2.41. The van der Waals surface area contributed by atoms with E-state index in [4.69, 9.17) is 0 Å². The van der Waals surface area contributed by atoms with Crippen LogP contribution in [0.1, 0.15) is 62.9 Å². The Morgan fingerprint density at radius 1 is 1.25 bits per heavy atom. The maximum absolute atomic E-state index is 12.5. The van der Waals surface area contributed by atoms with Crippen molar-refractivity contribution in [3.8, 4) is 0 Å². The molecule has 0 aromatic carbocycles. The Morgan fingerprint density at radius 3 is 2.42 bits per heavy atom. The standard InChI is InChI=1S/C18H29N3O3/c1-12(2)11-21-14(4)15(13(3)20-21)10-16(22)19-18(17(23)24)8-6-5-7-9-18/h12H,5-11H2,1-4H3,(H,19,22)(H,23,24). The summed E-state index contributed by atoms with van der Waals surface area (Å²) in [5.41, 5.74) is 1.65. The molecule has 1 saturated carbocycles. The second-order valence-electron chi connectivity index (χ2n) is 7.40. The summed E-state index contributed by atoms with van der Waals surface area (Å²) in [6, 6.07) is 0. The summed E-state index contributed by atoms with van der Waals surface area (Å²) in [4.78, 5) is 24.2. The van der Waals surface area contributed by atoms with Crippen molar-refractivity contribution in [2.45, 2.75) is 78.3 Å². The quantitative estimate of drug-likeness (QED) is 0.837. The second-order valence-corrected chi connectivity index (χ2v) is 7.40. The summed E-state index contributed by atoms with van der Waals surface area (Å²) in [5, 5.41) is 16.9. The van der Waals surface area contributed by atoms with Crippen LogP contribution in [0.2, 0.25) is 0 Å². The van der Waals surface area contributed by atoms with Gasteiger partial charge in [0.1, 0.15) is 5.54 Å². The van der Waals surface area contributed by atoms with Crippen LogP contribution in [0.4, 0.5) is 0 Å². The molecular weight excluding hydrogens is 306 g/mol. The Morgan fingerprint density at radius 2 is 1.88 bits per heavy atom. The van der Waals surface area contributed by atoms with E-state index in [-0.39, 0.29) is 12.3 Å². The fourth-order valence-corrected chi connectivity index (χ4v) is 3.53. The van der Waals surface area contributed by atoms with Crippen molar-refractivity contribution < 1.29 is 14.7 Å². The molecule has 1 aromatic heterocycles. The predicted molar refractivity (Wildman–Crippen MR) is 91.8 cm³/mol. The van der Waals surface area contributed by atoms with E-state index in [0.717, 1.165) is 42.8 Å². The number of hydrogen-bond acceptors (Lipinski definition) is 3. The summed E-state index contributed by atoms with van der Waals surface area (Å²) in [5.74, 6) is -0.670. The van der Waals surface area contributed by atoms with E-state index in [2.05, 4.69) is 24.3 Å². The second kappa shape index (κ2) is 7.36. The monoisotopic (exact) mass is 335 g/mol. The highest BCUT2D eigenvalue weighted by Crippen LogP contribution is 2.28. The zero-order valence-electron chi connectivity index (χ0n) is 15.2. The van der Waals surface area contributed by atoms with Crippen LogP contribution in [0, 0.1) is 19.8 Å². The van der Waals surface area contributed by atoms with Gasteiger partial charge in [-0.1, -0.05) is 33.1 Å². The van der Waals surface area contributed by atoms with Gasteiger partial charge in [-0.05, 0) is 32.6 Å². The number of carboxylic acids is 1. The maximum Gasteiger partial charge on any atom is 0.329 e. The minimum atomic E-state index is -1.09. The average molecular weight is 335 g/mol. The molecule has 1 heterocycles. The first kappa shape index (κ1) is 18.5. The smallest absolute Gasteiger partial charge is 0.329 e. The van der Waals surface area contributed by atoms with Gasteiger partial charge < -0.3 is 10.4 Å². The topological polar surface area (TPSA) is 84.2 Å². The molecule has 0 bridgehead atoms. The molecule has 1 aromatic rings. The molecule has 0 unspecified atom stereocenters. The lowest BCUT2D eigenvalue weighted by Crippen LogP contribution is -2.56. The maximum atomic E-state index is 12.5. The molecule has 0 radical (unpaired) electrons. The molecule has 2 rings (SSSR count). The molecule has 6 nitrogen and oxygen atoms in total. The molecule has 6 heteroatoms. The first-order chi connectivity index (χ1) is 11.2. The Bertz CT molecular complexity index is 613. The summed E-state index contributed by atoms with van der Waals surface area (Å²) < 4.78 is 1.94. The van der Waals surface area contributed by atoms with Crippen molar-refractivity contribution in [3.05, 3.63) is 17.0 Å². The van der Waals surface area contributed by atoms with Crippen molar-refractivity contribution >= 4 is 11.9 Å². The number of carbonyl (C=O) groups excluding carboxylic acids is 1. The predicted octanol–water partition coefficient (Wildman–Crippen LogP) is 2.60. The van der Waals surface area contributed by atoms with Gasteiger partial charge in [0.15, 0.2) is 0 Å².